The molecule has 2 N–H and O–H groups in total. The highest BCUT2D eigenvalue weighted by Crippen LogP contribution is 2.15. The molecule has 4 heteroatoms. The van der Waals surface area contributed by atoms with E-state index < -0.39 is 0 Å². The maximum atomic E-state index is 9.02. The molecule has 0 radical (unpaired) electrons. The van der Waals surface area contributed by atoms with Crippen LogP contribution in [-0.4, -0.2) is 33.4 Å². The minimum absolute atomic E-state index is 0.122. The Hall–Kier alpha value is -1.52. The van der Waals surface area contributed by atoms with Gasteiger partial charge in [0.05, 0.1) is 29.9 Å². The van der Waals surface area contributed by atoms with Gasteiger partial charge in [0.15, 0.2) is 0 Å². The van der Waals surface area contributed by atoms with Crippen molar-refractivity contribution >= 4 is 11.0 Å². The molecule has 1 heterocycles. The molecule has 78 valence electrons. The Morgan fingerprint density at radius 1 is 1.07 bits per heavy atom. The molecule has 0 saturated heterocycles. The van der Waals surface area contributed by atoms with Crippen molar-refractivity contribution in [3.8, 4) is 0 Å². The third-order valence-corrected chi connectivity index (χ3v) is 2.33. The normalized spacial score (nSPS) is 11.1. The van der Waals surface area contributed by atoms with E-state index in [1.54, 1.807) is 6.20 Å². The van der Waals surface area contributed by atoms with Gasteiger partial charge in [-0.3, -0.25) is 4.98 Å². The first-order chi connectivity index (χ1) is 7.35. The van der Waals surface area contributed by atoms with Crippen LogP contribution < -0.4 is 0 Å². The van der Waals surface area contributed by atoms with Gasteiger partial charge in [-0.05, 0) is 12.1 Å². The van der Waals surface area contributed by atoms with Gasteiger partial charge >= 0.3 is 0 Å². The average molecular weight is 204 g/mol. The van der Waals surface area contributed by atoms with E-state index in [2.05, 4.69) is 9.97 Å². The Morgan fingerprint density at radius 3 is 2.40 bits per heavy atom. The number of para-hydroxylation sites is 2. The van der Waals surface area contributed by atoms with Crippen molar-refractivity contribution in [2.75, 3.05) is 13.2 Å². The lowest BCUT2D eigenvalue weighted by atomic mass is 10.1. The van der Waals surface area contributed by atoms with Crippen molar-refractivity contribution in [1.82, 2.24) is 9.97 Å². The fraction of sp³-hybridized carbons (Fsp3) is 0.273. The summed E-state index contributed by atoms with van der Waals surface area (Å²) in [5.41, 5.74) is 2.22. The number of benzene rings is 1. The molecule has 1 aromatic carbocycles. The molecule has 0 saturated carbocycles. The van der Waals surface area contributed by atoms with Gasteiger partial charge in [0.25, 0.3) is 0 Å². The molecule has 0 spiro atoms. The molecule has 2 aromatic rings. The lowest BCUT2D eigenvalue weighted by molar-refractivity contribution is 0.190. The van der Waals surface area contributed by atoms with Crippen molar-refractivity contribution in [2.45, 2.75) is 5.92 Å². The fourth-order valence-corrected chi connectivity index (χ4v) is 1.41. The minimum atomic E-state index is -0.345. The number of nitrogens with zero attached hydrogens (tertiary/aromatic N) is 2. The molecular formula is C11H12N2O2. The SMILES string of the molecule is OCC(CO)c1cnc2ccccc2n1. The van der Waals surface area contributed by atoms with E-state index in [0.717, 1.165) is 11.0 Å². The Labute approximate surface area is 87.2 Å². The largest absolute Gasteiger partial charge is 0.396 e. The first-order valence-electron chi connectivity index (χ1n) is 4.78. The first-order valence-corrected chi connectivity index (χ1v) is 4.78. The van der Waals surface area contributed by atoms with Crippen LogP contribution in [-0.2, 0) is 0 Å². The van der Waals surface area contributed by atoms with Gasteiger partial charge in [-0.25, -0.2) is 4.98 Å². The van der Waals surface area contributed by atoms with Crippen LogP contribution in [0.3, 0.4) is 0 Å². The van der Waals surface area contributed by atoms with Crippen molar-refractivity contribution in [2.24, 2.45) is 0 Å². The number of aliphatic hydroxyl groups is 2. The van der Waals surface area contributed by atoms with Gasteiger partial charge in [0, 0.05) is 12.1 Å². The van der Waals surface area contributed by atoms with Crippen LogP contribution in [0.15, 0.2) is 30.5 Å². The van der Waals surface area contributed by atoms with Crippen LogP contribution >= 0.6 is 0 Å². The highest BCUT2D eigenvalue weighted by molar-refractivity contribution is 5.73. The molecule has 4 nitrogen and oxygen atoms in total. The third kappa shape index (κ3) is 1.95. The van der Waals surface area contributed by atoms with Gasteiger partial charge in [0.1, 0.15) is 0 Å². The topological polar surface area (TPSA) is 66.2 Å². The second kappa shape index (κ2) is 4.33. The van der Waals surface area contributed by atoms with Crippen LogP contribution in [0.25, 0.3) is 11.0 Å². The number of fused-ring (bicyclic) bond motifs is 1. The Bertz CT molecular complexity index is 455. The maximum absolute atomic E-state index is 9.02. The summed E-state index contributed by atoms with van der Waals surface area (Å²) in [7, 11) is 0. The molecule has 0 aliphatic carbocycles. The van der Waals surface area contributed by atoms with Crippen LogP contribution in [0.1, 0.15) is 11.6 Å². The van der Waals surface area contributed by atoms with Crippen LogP contribution in [0.5, 0.6) is 0 Å². The second-order valence-corrected chi connectivity index (χ2v) is 3.35. The molecule has 0 aliphatic heterocycles. The molecule has 0 fully saturated rings. The summed E-state index contributed by atoms with van der Waals surface area (Å²) in [4.78, 5) is 8.55. The van der Waals surface area contributed by atoms with Gasteiger partial charge in [-0.15, -0.1) is 0 Å². The van der Waals surface area contributed by atoms with E-state index in [1.165, 1.54) is 0 Å². The summed E-state index contributed by atoms with van der Waals surface area (Å²) >= 11 is 0. The molecule has 15 heavy (non-hydrogen) atoms. The molecule has 1 aromatic heterocycles. The van der Waals surface area contributed by atoms with Crippen LogP contribution in [0, 0.1) is 0 Å². The Kier molecular flexibility index (Phi) is 2.89. The fourth-order valence-electron chi connectivity index (χ4n) is 1.41. The third-order valence-electron chi connectivity index (χ3n) is 2.33. The van der Waals surface area contributed by atoms with Crippen LogP contribution in [0.4, 0.5) is 0 Å². The minimum Gasteiger partial charge on any atom is -0.396 e. The number of rotatable bonds is 3. The monoisotopic (exact) mass is 204 g/mol. The van der Waals surface area contributed by atoms with E-state index in [-0.39, 0.29) is 19.1 Å². The summed E-state index contributed by atoms with van der Waals surface area (Å²) in [5.74, 6) is -0.345. The Morgan fingerprint density at radius 2 is 1.73 bits per heavy atom. The standard InChI is InChI=1S/C11H12N2O2/c14-6-8(7-15)11-5-12-9-3-1-2-4-10(9)13-11/h1-5,8,14-15H,6-7H2. The summed E-state index contributed by atoms with van der Waals surface area (Å²) in [6, 6.07) is 7.51. The van der Waals surface area contributed by atoms with E-state index in [0.29, 0.717) is 5.69 Å². The zero-order valence-electron chi connectivity index (χ0n) is 8.17. The molecule has 0 unspecified atom stereocenters. The molecule has 0 aliphatic rings. The predicted molar refractivity (Wildman–Crippen MR) is 56.5 cm³/mol. The summed E-state index contributed by atoms with van der Waals surface area (Å²) in [6.07, 6.45) is 1.60. The summed E-state index contributed by atoms with van der Waals surface area (Å²) in [6.45, 7) is -0.243. The Balaban J connectivity index is 2.46. The zero-order chi connectivity index (χ0) is 10.7. The maximum Gasteiger partial charge on any atom is 0.0890 e. The molecular weight excluding hydrogens is 192 g/mol. The van der Waals surface area contributed by atoms with E-state index >= 15 is 0 Å². The number of aliphatic hydroxyl groups excluding tert-OH is 2. The smallest absolute Gasteiger partial charge is 0.0890 e. The van der Waals surface area contributed by atoms with Crippen molar-refractivity contribution in [3.63, 3.8) is 0 Å². The molecule has 0 amide bonds. The highest BCUT2D eigenvalue weighted by Gasteiger charge is 2.11. The molecule has 0 atom stereocenters. The van der Waals surface area contributed by atoms with Crippen molar-refractivity contribution < 1.29 is 10.2 Å². The van der Waals surface area contributed by atoms with E-state index in [4.69, 9.17) is 10.2 Å². The van der Waals surface area contributed by atoms with E-state index in [9.17, 15) is 0 Å². The molecule has 2 rings (SSSR count). The van der Waals surface area contributed by atoms with Gasteiger partial charge in [-0.2, -0.15) is 0 Å². The summed E-state index contributed by atoms with van der Waals surface area (Å²) in [5, 5.41) is 18.0. The highest BCUT2D eigenvalue weighted by atomic mass is 16.3. The van der Waals surface area contributed by atoms with E-state index in [1.807, 2.05) is 24.3 Å². The quantitative estimate of drug-likeness (QED) is 0.772. The zero-order valence-corrected chi connectivity index (χ0v) is 8.17. The second-order valence-electron chi connectivity index (χ2n) is 3.35. The van der Waals surface area contributed by atoms with Gasteiger partial charge < -0.3 is 10.2 Å². The first kappa shape index (κ1) is 10.0. The van der Waals surface area contributed by atoms with Gasteiger partial charge in [0.2, 0.25) is 0 Å². The number of aromatic nitrogens is 2. The van der Waals surface area contributed by atoms with Crippen LogP contribution in [0.2, 0.25) is 0 Å². The summed E-state index contributed by atoms with van der Waals surface area (Å²) < 4.78 is 0. The number of hydrogen-bond acceptors (Lipinski definition) is 4. The lowest BCUT2D eigenvalue weighted by Gasteiger charge is -2.09. The predicted octanol–water partition coefficient (Wildman–Crippen LogP) is 0.698. The average Bonchev–Trinajstić information content (AvgIpc) is 2.30. The van der Waals surface area contributed by atoms with Gasteiger partial charge in [-0.1, -0.05) is 12.1 Å². The molecule has 0 bridgehead atoms. The number of hydrogen-bond donors (Lipinski definition) is 2. The van der Waals surface area contributed by atoms with Crippen molar-refractivity contribution in [1.29, 1.82) is 0 Å². The van der Waals surface area contributed by atoms with Crippen molar-refractivity contribution in [3.05, 3.63) is 36.2 Å². The lowest BCUT2D eigenvalue weighted by Crippen LogP contribution is -2.11.